The van der Waals surface area contributed by atoms with Gasteiger partial charge in [0.25, 0.3) is 0 Å². The summed E-state index contributed by atoms with van der Waals surface area (Å²) in [5.74, 6) is 0.143. The summed E-state index contributed by atoms with van der Waals surface area (Å²) in [6.07, 6.45) is 0. The second kappa shape index (κ2) is 6.73. The number of nitrogen functional groups attached to an aromatic ring is 1. The highest BCUT2D eigenvalue weighted by Crippen LogP contribution is 2.36. The molecule has 1 atom stereocenters. The number of hydrogen-bond acceptors (Lipinski definition) is 7. The van der Waals surface area contributed by atoms with Gasteiger partial charge in [0.1, 0.15) is 9.90 Å². The molecule has 0 aliphatic carbocycles. The fourth-order valence-corrected chi connectivity index (χ4v) is 4.65. The first kappa shape index (κ1) is 17.2. The van der Waals surface area contributed by atoms with Crippen LogP contribution in [0, 0.1) is 0 Å². The Hall–Kier alpha value is -0.860. The highest BCUT2D eigenvalue weighted by atomic mass is 32.2. The molecular weight excluding hydrogens is 296 g/mol. The molecule has 0 spiro atoms. The first-order chi connectivity index (χ1) is 9.24. The molecule has 0 amide bonds. The lowest BCUT2D eigenvalue weighted by molar-refractivity contribution is 0.373. The van der Waals surface area contributed by atoms with Gasteiger partial charge in [-0.15, -0.1) is 0 Å². The topological polar surface area (TPSA) is 79.5 Å². The average Bonchev–Trinajstić information content (AvgIpc) is 2.72. The predicted molar refractivity (Wildman–Crippen MR) is 85.3 cm³/mol. The number of sulfone groups is 1. The molecule has 1 rings (SSSR count). The Morgan fingerprint density at radius 3 is 2.40 bits per heavy atom. The van der Waals surface area contributed by atoms with E-state index in [1.54, 1.807) is 6.92 Å². The summed E-state index contributed by atoms with van der Waals surface area (Å²) in [5, 5.41) is 0.654. The Labute approximate surface area is 125 Å². The van der Waals surface area contributed by atoms with Crippen LogP contribution < -0.4 is 10.6 Å². The minimum atomic E-state index is -3.37. The first-order valence-electron chi connectivity index (χ1n) is 6.63. The van der Waals surface area contributed by atoms with E-state index in [0.29, 0.717) is 11.5 Å². The third kappa shape index (κ3) is 3.62. The highest BCUT2D eigenvalue weighted by Gasteiger charge is 2.28. The molecular formula is C12H24N4O2S2. The maximum Gasteiger partial charge on any atom is 0.184 e. The van der Waals surface area contributed by atoms with Crippen LogP contribution in [0.5, 0.6) is 0 Å². The SMILES string of the molecule is CCN(c1snc(N)c1S(=O)(=O)CC)C(C)CN(C)C. The van der Waals surface area contributed by atoms with E-state index in [0.717, 1.165) is 18.1 Å². The summed E-state index contributed by atoms with van der Waals surface area (Å²) in [6.45, 7) is 7.24. The monoisotopic (exact) mass is 320 g/mol. The average molecular weight is 320 g/mol. The Bertz CT molecular complexity index is 540. The Kier molecular flexibility index (Phi) is 5.79. The van der Waals surface area contributed by atoms with Gasteiger partial charge < -0.3 is 15.5 Å². The van der Waals surface area contributed by atoms with E-state index in [2.05, 4.69) is 21.1 Å². The standard InChI is InChI=1S/C12H24N4O2S2/c1-6-16(9(3)8-15(4)5)12-10(11(13)14-19-12)20(17,18)7-2/h9H,6-8H2,1-5H3,(H2,13,14). The lowest BCUT2D eigenvalue weighted by Gasteiger charge is -2.31. The summed E-state index contributed by atoms with van der Waals surface area (Å²) in [5.41, 5.74) is 5.78. The van der Waals surface area contributed by atoms with Gasteiger partial charge in [0.15, 0.2) is 15.7 Å². The summed E-state index contributed by atoms with van der Waals surface area (Å²) in [7, 11) is 0.625. The van der Waals surface area contributed by atoms with E-state index in [1.165, 1.54) is 0 Å². The van der Waals surface area contributed by atoms with Crippen molar-refractivity contribution in [3.05, 3.63) is 0 Å². The fourth-order valence-electron chi connectivity index (χ4n) is 2.19. The summed E-state index contributed by atoms with van der Waals surface area (Å²) < 4.78 is 28.5. The van der Waals surface area contributed by atoms with Crippen molar-refractivity contribution < 1.29 is 8.42 Å². The summed E-state index contributed by atoms with van der Waals surface area (Å²) in [4.78, 5) is 4.32. The fraction of sp³-hybridized carbons (Fsp3) is 0.750. The zero-order valence-electron chi connectivity index (χ0n) is 12.8. The van der Waals surface area contributed by atoms with Gasteiger partial charge in [-0.2, -0.15) is 4.37 Å². The molecule has 1 heterocycles. The van der Waals surface area contributed by atoms with E-state index >= 15 is 0 Å². The smallest absolute Gasteiger partial charge is 0.184 e. The van der Waals surface area contributed by atoms with E-state index in [1.807, 2.05) is 21.0 Å². The number of nitrogens with zero attached hydrogens (tertiary/aromatic N) is 3. The second-order valence-electron chi connectivity index (χ2n) is 5.00. The van der Waals surface area contributed by atoms with Gasteiger partial charge in [-0.05, 0) is 39.5 Å². The van der Waals surface area contributed by atoms with Gasteiger partial charge in [-0.25, -0.2) is 8.42 Å². The molecule has 1 unspecified atom stereocenters. The lowest BCUT2D eigenvalue weighted by atomic mass is 10.2. The number of anilines is 2. The molecule has 0 saturated carbocycles. The Morgan fingerprint density at radius 2 is 1.95 bits per heavy atom. The molecule has 6 nitrogen and oxygen atoms in total. The molecule has 0 aliphatic heterocycles. The number of likely N-dealkylation sites (N-methyl/N-ethyl adjacent to an activating group) is 2. The van der Waals surface area contributed by atoms with Crippen LogP contribution in [0.2, 0.25) is 0 Å². The van der Waals surface area contributed by atoms with Crippen LogP contribution in [0.1, 0.15) is 20.8 Å². The van der Waals surface area contributed by atoms with Crippen molar-refractivity contribution in [1.29, 1.82) is 0 Å². The highest BCUT2D eigenvalue weighted by molar-refractivity contribution is 7.91. The van der Waals surface area contributed by atoms with E-state index in [4.69, 9.17) is 5.73 Å². The van der Waals surface area contributed by atoms with Gasteiger partial charge >= 0.3 is 0 Å². The molecule has 8 heteroatoms. The van der Waals surface area contributed by atoms with Crippen molar-refractivity contribution in [3.8, 4) is 0 Å². The van der Waals surface area contributed by atoms with Gasteiger partial charge in [-0.3, -0.25) is 0 Å². The summed E-state index contributed by atoms with van der Waals surface area (Å²) >= 11 is 1.16. The van der Waals surface area contributed by atoms with Crippen LogP contribution in [-0.2, 0) is 9.84 Å². The molecule has 0 bridgehead atoms. The molecule has 0 aromatic carbocycles. The normalized spacial score (nSPS) is 13.7. The van der Waals surface area contributed by atoms with Gasteiger partial charge in [0.2, 0.25) is 0 Å². The van der Waals surface area contributed by atoms with Crippen molar-refractivity contribution in [3.63, 3.8) is 0 Å². The molecule has 2 N–H and O–H groups in total. The number of aromatic nitrogens is 1. The van der Waals surface area contributed by atoms with Gasteiger partial charge in [0.05, 0.1) is 5.75 Å². The van der Waals surface area contributed by atoms with Gasteiger partial charge in [0, 0.05) is 19.1 Å². The molecule has 20 heavy (non-hydrogen) atoms. The maximum atomic E-state index is 12.2. The largest absolute Gasteiger partial charge is 0.382 e. The number of hydrogen-bond donors (Lipinski definition) is 1. The molecule has 0 saturated heterocycles. The van der Waals surface area contributed by atoms with Crippen LogP contribution >= 0.6 is 11.5 Å². The second-order valence-corrected chi connectivity index (χ2v) is 7.97. The van der Waals surface area contributed by atoms with Crippen LogP contribution in [0.25, 0.3) is 0 Å². The van der Waals surface area contributed by atoms with Crippen LogP contribution in [0.4, 0.5) is 10.8 Å². The zero-order valence-corrected chi connectivity index (χ0v) is 14.4. The van der Waals surface area contributed by atoms with Crippen molar-refractivity contribution in [2.45, 2.75) is 31.7 Å². The van der Waals surface area contributed by atoms with Crippen molar-refractivity contribution >= 4 is 32.2 Å². The Morgan fingerprint density at radius 1 is 1.35 bits per heavy atom. The predicted octanol–water partition coefficient (Wildman–Crippen LogP) is 1.30. The third-order valence-electron chi connectivity index (χ3n) is 3.11. The van der Waals surface area contributed by atoms with Crippen molar-refractivity contribution in [2.24, 2.45) is 0 Å². The molecule has 0 radical (unpaired) electrons. The van der Waals surface area contributed by atoms with Crippen LogP contribution in [-0.4, -0.2) is 56.7 Å². The zero-order chi connectivity index (χ0) is 15.5. The number of rotatable bonds is 7. The Balaban J connectivity index is 3.24. The first-order valence-corrected chi connectivity index (χ1v) is 9.06. The molecule has 116 valence electrons. The maximum absolute atomic E-state index is 12.2. The van der Waals surface area contributed by atoms with Crippen LogP contribution in [0.3, 0.4) is 0 Å². The van der Waals surface area contributed by atoms with E-state index in [9.17, 15) is 8.42 Å². The third-order valence-corrected chi connectivity index (χ3v) is 5.92. The molecule has 0 aliphatic rings. The molecule has 0 fully saturated rings. The number of nitrogens with two attached hydrogens (primary N) is 1. The van der Waals surface area contributed by atoms with Crippen molar-refractivity contribution in [1.82, 2.24) is 9.27 Å². The minimum Gasteiger partial charge on any atom is -0.382 e. The molecule has 1 aromatic heterocycles. The van der Waals surface area contributed by atoms with Crippen LogP contribution in [0.15, 0.2) is 4.90 Å². The molecule has 1 aromatic rings. The lowest BCUT2D eigenvalue weighted by Crippen LogP contribution is -2.40. The van der Waals surface area contributed by atoms with E-state index < -0.39 is 9.84 Å². The van der Waals surface area contributed by atoms with Gasteiger partial charge in [-0.1, -0.05) is 6.92 Å². The van der Waals surface area contributed by atoms with Crippen molar-refractivity contribution in [2.75, 3.05) is 43.6 Å². The van der Waals surface area contributed by atoms with E-state index in [-0.39, 0.29) is 22.5 Å². The summed E-state index contributed by atoms with van der Waals surface area (Å²) in [6, 6.07) is 0.181. The minimum absolute atomic E-state index is 0.0300. The quantitative estimate of drug-likeness (QED) is 0.815.